The number of rotatable bonds is 22. The van der Waals surface area contributed by atoms with Gasteiger partial charge in [-0.2, -0.15) is 0 Å². The maximum Gasteiger partial charge on any atom is 0.0701 e. The van der Waals surface area contributed by atoms with Gasteiger partial charge in [-0.3, -0.25) is 0 Å². The van der Waals surface area contributed by atoms with Crippen molar-refractivity contribution in [2.45, 2.75) is 55.2 Å². The van der Waals surface area contributed by atoms with E-state index in [4.69, 9.17) is 28.4 Å². The Morgan fingerprint density at radius 3 is 1.85 bits per heavy atom. The molecule has 220 valence electrons. The molecule has 0 saturated heterocycles. The van der Waals surface area contributed by atoms with Gasteiger partial charge in [-0.25, -0.2) is 0 Å². The van der Waals surface area contributed by atoms with Crippen molar-refractivity contribution in [1.29, 1.82) is 0 Å². The van der Waals surface area contributed by atoms with E-state index in [0.29, 0.717) is 57.7 Å². The first-order chi connectivity index (χ1) is 19.1. The molecule has 1 aromatic carbocycles. The second-order valence-corrected chi connectivity index (χ2v) is 12.2. The maximum absolute atomic E-state index is 5.85. The summed E-state index contributed by atoms with van der Waals surface area (Å²) in [6, 6.07) is 6.84. The standard InChI is InChI=1S/C31H46Br2O6/c1-34-15-17-38-21-19-36-13-5-3-11-31(12-4-6-14-37-20-22-39-18-16-35-2)29-23-25(32)7-9-27(29)28-10-8-26(33)24-30(28)31/h7,9-10,23-24,26H,3-6,8,11-22H2,1-2H3/t26-/m0/s1. The number of unbranched alkanes of at least 4 members (excludes halogenated alkanes) is 2. The highest BCUT2D eigenvalue weighted by molar-refractivity contribution is 9.10. The molecule has 2 aliphatic carbocycles. The molecule has 6 nitrogen and oxygen atoms in total. The first-order valence-corrected chi connectivity index (χ1v) is 16.0. The number of methoxy groups -OCH3 is 2. The number of hydrogen-bond acceptors (Lipinski definition) is 6. The second-order valence-electron chi connectivity index (χ2n) is 10.1. The third-order valence-corrected chi connectivity index (χ3v) is 8.51. The molecule has 0 radical (unpaired) electrons. The summed E-state index contributed by atoms with van der Waals surface area (Å²) in [6.07, 6.45) is 12.5. The van der Waals surface area contributed by atoms with Crippen molar-refractivity contribution >= 4 is 37.4 Å². The van der Waals surface area contributed by atoms with E-state index in [1.807, 2.05) is 0 Å². The van der Waals surface area contributed by atoms with Gasteiger partial charge < -0.3 is 28.4 Å². The van der Waals surface area contributed by atoms with Crippen LogP contribution in [0.4, 0.5) is 0 Å². The van der Waals surface area contributed by atoms with E-state index in [9.17, 15) is 0 Å². The van der Waals surface area contributed by atoms with Gasteiger partial charge in [-0.1, -0.05) is 50.1 Å². The number of allylic oxidation sites excluding steroid dienone is 4. The van der Waals surface area contributed by atoms with Crippen LogP contribution in [0, 0.1) is 0 Å². The van der Waals surface area contributed by atoms with Crippen molar-refractivity contribution in [2.24, 2.45) is 0 Å². The van der Waals surface area contributed by atoms with Gasteiger partial charge in [0.1, 0.15) is 0 Å². The van der Waals surface area contributed by atoms with Gasteiger partial charge in [0.15, 0.2) is 0 Å². The van der Waals surface area contributed by atoms with Crippen LogP contribution < -0.4 is 0 Å². The SMILES string of the molecule is COCCOCCOCCCCC1(CCCCOCCOCCOC)C2=C[C@@H](Br)CC=C2c2ccc(Br)cc21. The maximum atomic E-state index is 5.85. The van der Waals surface area contributed by atoms with E-state index in [-0.39, 0.29) is 5.41 Å². The van der Waals surface area contributed by atoms with Gasteiger partial charge in [0, 0.05) is 42.1 Å². The molecule has 1 atom stereocenters. The number of halogens is 2. The number of fused-ring (bicyclic) bond motifs is 3. The van der Waals surface area contributed by atoms with Crippen molar-refractivity contribution < 1.29 is 28.4 Å². The Balaban J connectivity index is 1.57. The van der Waals surface area contributed by atoms with Gasteiger partial charge >= 0.3 is 0 Å². The monoisotopic (exact) mass is 672 g/mol. The third kappa shape index (κ3) is 10.3. The number of benzene rings is 1. The number of alkyl halides is 1. The van der Waals surface area contributed by atoms with Gasteiger partial charge in [0.2, 0.25) is 0 Å². The Bertz CT molecular complexity index is 879. The Morgan fingerprint density at radius 1 is 0.744 bits per heavy atom. The Labute approximate surface area is 252 Å². The molecule has 1 aromatic rings. The average Bonchev–Trinajstić information content (AvgIpc) is 3.19. The fraction of sp³-hybridized carbons (Fsp3) is 0.677. The molecule has 8 heteroatoms. The molecular weight excluding hydrogens is 628 g/mol. The van der Waals surface area contributed by atoms with Gasteiger partial charge in [0.05, 0.1) is 52.9 Å². The van der Waals surface area contributed by atoms with Crippen molar-refractivity contribution in [3.8, 4) is 0 Å². The summed E-state index contributed by atoms with van der Waals surface area (Å²) in [7, 11) is 3.37. The molecule has 0 unspecified atom stereocenters. The Kier molecular flexibility index (Phi) is 15.8. The Morgan fingerprint density at radius 2 is 1.28 bits per heavy atom. The lowest BCUT2D eigenvalue weighted by Gasteiger charge is -2.34. The van der Waals surface area contributed by atoms with Crippen molar-refractivity contribution in [2.75, 3.05) is 80.3 Å². The highest BCUT2D eigenvalue weighted by Gasteiger charge is 2.45. The fourth-order valence-electron chi connectivity index (χ4n) is 5.50. The van der Waals surface area contributed by atoms with Gasteiger partial charge in [-0.05, 0) is 79.4 Å². The number of ether oxygens (including phenoxy) is 6. The highest BCUT2D eigenvalue weighted by Crippen LogP contribution is 2.57. The topological polar surface area (TPSA) is 55.4 Å². The molecule has 0 amide bonds. The van der Waals surface area contributed by atoms with Gasteiger partial charge in [0.25, 0.3) is 0 Å². The minimum Gasteiger partial charge on any atom is -0.382 e. The fourth-order valence-corrected chi connectivity index (χ4v) is 6.31. The smallest absolute Gasteiger partial charge is 0.0701 e. The zero-order valence-corrected chi connectivity index (χ0v) is 26.9. The molecule has 3 rings (SSSR count). The highest BCUT2D eigenvalue weighted by atomic mass is 79.9. The second kappa shape index (κ2) is 18.8. The normalized spacial score (nSPS) is 17.6. The molecule has 0 spiro atoms. The summed E-state index contributed by atoms with van der Waals surface area (Å²) < 4.78 is 33.9. The van der Waals surface area contributed by atoms with Gasteiger partial charge in [-0.15, -0.1) is 0 Å². The van der Waals surface area contributed by atoms with Crippen molar-refractivity contribution in [1.82, 2.24) is 0 Å². The summed E-state index contributed by atoms with van der Waals surface area (Å²) in [4.78, 5) is 0.385. The van der Waals surface area contributed by atoms with Crippen LogP contribution in [0.1, 0.15) is 56.1 Å². The molecule has 0 aliphatic heterocycles. The average molecular weight is 675 g/mol. The molecule has 39 heavy (non-hydrogen) atoms. The lowest BCUT2D eigenvalue weighted by atomic mass is 9.70. The summed E-state index contributed by atoms with van der Waals surface area (Å²) in [5.74, 6) is 0. The lowest BCUT2D eigenvalue weighted by Crippen LogP contribution is -2.27. The molecule has 0 aromatic heterocycles. The molecule has 0 fully saturated rings. The summed E-state index contributed by atoms with van der Waals surface area (Å²) >= 11 is 7.66. The van der Waals surface area contributed by atoms with Crippen LogP contribution in [0.2, 0.25) is 0 Å². The molecule has 0 N–H and O–H groups in total. The zero-order chi connectivity index (χ0) is 27.8. The zero-order valence-electron chi connectivity index (χ0n) is 23.7. The third-order valence-electron chi connectivity index (χ3n) is 7.38. The summed E-state index contributed by atoms with van der Waals surface area (Å²) in [6.45, 7) is 6.49. The van der Waals surface area contributed by atoms with Crippen molar-refractivity contribution in [3.05, 3.63) is 51.5 Å². The van der Waals surface area contributed by atoms with E-state index in [2.05, 4.69) is 62.2 Å². The van der Waals surface area contributed by atoms with E-state index in [1.54, 1.807) is 14.2 Å². The van der Waals surface area contributed by atoms with Crippen LogP contribution in [0.5, 0.6) is 0 Å². The molecule has 0 heterocycles. The molecule has 0 bridgehead atoms. The minimum absolute atomic E-state index is 0.0178. The van der Waals surface area contributed by atoms with E-state index in [1.165, 1.54) is 22.3 Å². The van der Waals surface area contributed by atoms with E-state index >= 15 is 0 Å². The first-order valence-electron chi connectivity index (χ1n) is 14.3. The predicted molar refractivity (Wildman–Crippen MR) is 164 cm³/mol. The predicted octanol–water partition coefficient (Wildman–Crippen LogP) is 6.88. The molecular formula is C31H46Br2O6. The van der Waals surface area contributed by atoms with Crippen LogP contribution in [0.3, 0.4) is 0 Å². The summed E-state index contributed by atoms with van der Waals surface area (Å²) in [5.41, 5.74) is 5.82. The van der Waals surface area contributed by atoms with Crippen LogP contribution in [-0.4, -0.2) is 85.1 Å². The minimum atomic E-state index is 0.0178. The van der Waals surface area contributed by atoms with Crippen LogP contribution >= 0.6 is 31.9 Å². The van der Waals surface area contributed by atoms with Crippen LogP contribution in [0.15, 0.2) is 40.4 Å². The lowest BCUT2D eigenvalue weighted by molar-refractivity contribution is 0.0233. The van der Waals surface area contributed by atoms with E-state index in [0.717, 1.165) is 62.6 Å². The number of hydrogen-bond donors (Lipinski definition) is 0. The molecule has 2 aliphatic rings. The van der Waals surface area contributed by atoms with E-state index < -0.39 is 0 Å². The quantitative estimate of drug-likeness (QED) is 0.0989. The summed E-state index contributed by atoms with van der Waals surface area (Å²) in [5, 5.41) is 0. The van der Waals surface area contributed by atoms with Crippen LogP contribution in [0.25, 0.3) is 5.57 Å². The molecule has 0 saturated carbocycles. The first kappa shape index (κ1) is 32.9. The Hall–Kier alpha value is -0.580. The largest absolute Gasteiger partial charge is 0.382 e. The van der Waals surface area contributed by atoms with Crippen LogP contribution in [-0.2, 0) is 33.8 Å². The van der Waals surface area contributed by atoms with Crippen molar-refractivity contribution in [3.63, 3.8) is 0 Å².